The summed E-state index contributed by atoms with van der Waals surface area (Å²) < 4.78 is 25.0. The fourth-order valence-corrected chi connectivity index (χ4v) is 2.95. The Morgan fingerprint density at radius 1 is 1.17 bits per heavy atom. The molecule has 1 fully saturated rings. The zero-order valence-electron chi connectivity index (χ0n) is 11.1. The predicted molar refractivity (Wildman–Crippen MR) is 68.7 cm³/mol. The summed E-state index contributed by atoms with van der Waals surface area (Å²) in [6, 6.07) is 0. The molecule has 0 spiro atoms. The van der Waals surface area contributed by atoms with Crippen molar-refractivity contribution in [3.05, 3.63) is 0 Å². The molecule has 0 radical (unpaired) electrons. The molecule has 1 rings (SSSR count). The Bertz CT molecular complexity index is 219. The van der Waals surface area contributed by atoms with Gasteiger partial charge in [-0.25, -0.2) is 8.78 Å². The number of halogens is 2. The zero-order valence-corrected chi connectivity index (χ0v) is 11.1. The average molecular weight is 264 g/mol. The first-order chi connectivity index (χ1) is 8.62. The second-order valence-electron chi connectivity index (χ2n) is 5.47. The summed E-state index contributed by atoms with van der Waals surface area (Å²) in [4.78, 5) is 1.67. The SMILES string of the molecule is NCC1(CN(CCO)CC(F)F)CCCCCC1. The molecule has 0 aromatic carbocycles. The number of aliphatic hydroxyl groups is 1. The van der Waals surface area contributed by atoms with Crippen LogP contribution < -0.4 is 5.73 Å². The molecule has 108 valence electrons. The van der Waals surface area contributed by atoms with E-state index in [2.05, 4.69) is 0 Å². The predicted octanol–water partition coefficient (Wildman–Crippen LogP) is 1.85. The molecule has 0 atom stereocenters. The van der Waals surface area contributed by atoms with Crippen LogP contribution in [0, 0.1) is 5.41 Å². The molecule has 3 N–H and O–H groups in total. The van der Waals surface area contributed by atoms with Crippen LogP contribution in [-0.4, -0.2) is 49.2 Å². The average Bonchev–Trinajstić information content (AvgIpc) is 2.55. The summed E-state index contributed by atoms with van der Waals surface area (Å²) in [5.74, 6) is 0. The van der Waals surface area contributed by atoms with Crippen molar-refractivity contribution in [2.75, 3.05) is 32.8 Å². The fourth-order valence-electron chi connectivity index (χ4n) is 2.95. The summed E-state index contributed by atoms with van der Waals surface area (Å²) in [6.45, 7) is 1.12. The lowest BCUT2D eigenvalue weighted by atomic mass is 9.80. The summed E-state index contributed by atoms with van der Waals surface area (Å²) in [7, 11) is 0. The quantitative estimate of drug-likeness (QED) is 0.690. The van der Waals surface area contributed by atoms with Gasteiger partial charge < -0.3 is 10.8 Å². The van der Waals surface area contributed by atoms with E-state index in [0.29, 0.717) is 19.6 Å². The van der Waals surface area contributed by atoms with Crippen molar-refractivity contribution >= 4 is 0 Å². The van der Waals surface area contributed by atoms with Gasteiger partial charge in [-0.05, 0) is 24.8 Å². The molecule has 18 heavy (non-hydrogen) atoms. The minimum atomic E-state index is -2.35. The normalized spacial score (nSPS) is 20.3. The van der Waals surface area contributed by atoms with Gasteiger partial charge in [0.25, 0.3) is 6.43 Å². The highest BCUT2D eigenvalue weighted by molar-refractivity contribution is 4.86. The molecule has 5 heteroatoms. The first-order valence-electron chi connectivity index (χ1n) is 6.93. The third kappa shape index (κ3) is 5.16. The van der Waals surface area contributed by atoms with Gasteiger partial charge in [0.05, 0.1) is 13.2 Å². The standard InChI is InChI=1S/C13H26F2N2O/c14-12(15)9-17(7-8-18)11-13(10-16)5-3-1-2-4-6-13/h12,18H,1-11,16H2. The lowest BCUT2D eigenvalue weighted by Gasteiger charge is -2.37. The molecule has 0 amide bonds. The Labute approximate surface area is 108 Å². The van der Waals surface area contributed by atoms with Crippen LogP contribution in [0.3, 0.4) is 0 Å². The molecule has 0 saturated heterocycles. The lowest BCUT2D eigenvalue weighted by molar-refractivity contribution is 0.0477. The molecular formula is C13H26F2N2O. The third-order valence-electron chi connectivity index (χ3n) is 3.97. The van der Waals surface area contributed by atoms with Gasteiger partial charge in [0.2, 0.25) is 0 Å². The molecule has 1 aliphatic rings. The lowest BCUT2D eigenvalue weighted by Crippen LogP contribution is -2.45. The van der Waals surface area contributed by atoms with Gasteiger partial charge in [0, 0.05) is 13.1 Å². The highest BCUT2D eigenvalue weighted by Gasteiger charge is 2.32. The highest BCUT2D eigenvalue weighted by Crippen LogP contribution is 2.35. The van der Waals surface area contributed by atoms with Gasteiger partial charge in [-0.1, -0.05) is 25.7 Å². The van der Waals surface area contributed by atoms with E-state index in [0.717, 1.165) is 25.7 Å². The fraction of sp³-hybridized carbons (Fsp3) is 1.00. The van der Waals surface area contributed by atoms with E-state index in [9.17, 15) is 8.78 Å². The Kier molecular flexibility index (Phi) is 7.04. The van der Waals surface area contributed by atoms with Crippen molar-refractivity contribution < 1.29 is 13.9 Å². The molecule has 1 saturated carbocycles. The van der Waals surface area contributed by atoms with Crippen molar-refractivity contribution in [3.63, 3.8) is 0 Å². The third-order valence-corrected chi connectivity index (χ3v) is 3.97. The summed E-state index contributed by atoms with van der Waals surface area (Å²) >= 11 is 0. The maximum atomic E-state index is 12.5. The number of hydrogen-bond donors (Lipinski definition) is 2. The first-order valence-corrected chi connectivity index (χ1v) is 6.93. The molecule has 0 unspecified atom stereocenters. The Balaban J connectivity index is 2.60. The number of nitrogens with two attached hydrogens (primary N) is 1. The van der Waals surface area contributed by atoms with Crippen molar-refractivity contribution in [1.82, 2.24) is 4.90 Å². The number of rotatable bonds is 7. The van der Waals surface area contributed by atoms with Crippen LogP contribution in [0.25, 0.3) is 0 Å². The molecule has 0 bridgehead atoms. The van der Waals surface area contributed by atoms with Gasteiger partial charge in [-0.3, -0.25) is 4.90 Å². The smallest absolute Gasteiger partial charge is 0.251 e. The van der Waals surface area contributed by atoms with Crippen LogP contribution in [0.15, 0.2) is 0 Å². The van der Waals surface area contributed by atoms with Crippen molar-refractivity contribution in [3.8, 4) is 0 Å². The van der Waals surface area contributed by atoms with E-state index >= 15 is 0 Å². The molecule has 0 aromatic heterocycles. The molecule has 0 heterocycles. The van der Waals surface area contributed by atoms with Gasteiger partial charge in [-0.2, -0.15) is 0 Å². The molecule has 0 aliphatic heterocycles. The van der Waals surface area contributed by atoms with E-state index in [1.807, 2.05) is 0 Å². The Morgan fingerprint density at radius 2 is 1.78 bits per heavy atom. The topological polar surface area (TPSA) is 49.5 Å². The van der Waals surface area contributed by atoms with Crippen molar-refractivity contribution in [2.24, 2.45) is 11.1 Å². The molecule has 3 nitrogen and oxygen atoms in total. The highest BCUT2D eigenvalue weighted by atomic mass is 19.3. The van der Waals surface area contributed by atoms with Crippen LogP contribution in [0.5, 0.6) is 0 Å². The Hall–Kier alpha value is -0.260. The van der Waals surface area contributed by atoms with E-state index < -0.39 is 6.43 Å². The molecule has 1 aliphatic carbocycles. The number of hydrogen-bond acceptors (Lipinski definition) is 3. The summed E-state index contributed by atoms with van der Waals surface area (Å²) in [5, 5.41) is 8.97. The number of aliphatic hydroxyl groups excluding tert-OH is 1. The van der Waals surface area contributed by atoms with E-state index in [4.69, 9.17) is 10.8 Å². The maximum Gasteiger partial charge on any atom is 0.251 e. The maximum absolute atomic E-state index is 12.5. The van der Waals surface area contributed by atoms with Crippen LogP contribution in [-0.2, 0) is 0 Å². The second kappa shape index (κ2) is 8.02. The van der Waals surface area contributed by atoms with Gasteiger partial charge in [-0.15, -0.1) is 0 Å². The largest absolute Gasteiger partial charge is 0.395 e. The number of nitrogens with zero attached hydrogens (tertiary/aromatic N) is 1. The van der Waals surface area contributed by atoms with Crippen LogP contribution in [0.2, 0.25) is 0 Å². The van der Waals surface area contributed by atoms with Gasteiger partial charge in [0.15, 0.2) is 0 Å². The number of alkyl halides is 2. The van der Waals surface area contributed by atoms with E-state index in [1.54, 1.807) is 4.90 Å². The summed E-state index contributed by atoms with van der Waals surface area (Å²) in [6.07, 6.45) is 4.41. The van der Waals surface area contributed by atoms with E-state index in [1.165, 1.54) is 12.8 Å². The monoisotopic (exact) mass is 264 g/mol. The van der Waals surface area contributed by atoms with Gasteiger partial charge >= 0.3 is 0 Å². The van der Waals surface area contributed by atoms with E-state index in [-0.39, 0.29) is 18.6 Å². The molecule has 0 aromatic rings. The minimum absolute atomic E-state index is 0.0272. The van der Waals surface area contributed by atoms with Crippen LogP contribution in [0.4, 0.5) is 8.78 Å². The Morgan fingerprint density at radius 3 is 2.22 bits per heavy atom. The summed E-state index contributed by atoms with van der Waals surface area (Å²) in [5.41, 5.74) is 5.88. The van der Waals surface area contributed by atoms with Gasteiger partial charge in [0.1, 0.15) is 0 Å². The van der Waals surface area contributed by atoms with Crippen LogP contribution in [0.1, 0.15) is 38.5 Å². The van der Waals surface area contributed by atoms with Crippen molar-refractivity contribution in [2.45, 2.75) is 45.0 Å². The second-order valence-corrected chi connectivity index (χ2v) is 5.47. The zero-order chi connectivity index (χ0) is 13.4. The molecular weight excluding hydrogens is 238 g/mol. The van der Waals surface area contributed by atoms with Crippen LogP contribution >= 0.6 is 0 Å². The minimum Gasteiger partial charge on any atom is -0.395 e. The first kappa shape index (κ1) is 15.8. The van der Waals surface area contributed by atoms with Crippen molar-refractivity contribution in [1.29, 1.82) is 0 Å².